The maximum Gasteiger partial charge on any atom is 0.171 e. The summed E-state index contributed by atoms with van der Waals surface area (Å²) in [5.41, 5.74) is 2.85. The van der Waals surface area contributed by atoms with E-state index < -0.39 is 0 Å². The van der Waals surface area contributed by atoms with Crippen LogP contribution in [0.2, 0.25) is 0 Å². The van der Waals surface area contributed by atoms with Crippen LogP contribution in [0.5, 0.6) is 0 Å². The van der Waals surface area contributed by atoms with Crippen LogP contribution in [0.25, 0.3) is 10.9 Å². The smallest absolute Gasteiger partial charge is 0.171 e. The third kappa shape index (κ3) is 1.59. The minimum absolute atomic E-state index is 0.143. The molecule has 2 heteroatoms. The summed E-state index contributed by atoms with van der Waals surface area (Å²) in [5, 5.41) is 1.08. The van der Waals surface area contributed by atoms with Crippen molar-refractivity contribution < 1.29 is 4.79 Å². The van der Waals surface area contributed by atoms with E-state index >= 15 is 0 Å². The molecule has 1 fully saturated rings. The van der Waals surface area contributed by atoms with E-state index in [0.29, 0.717) is 5.78 Å². The van der Waals surface area contributed by atoms with Crippen molar-refractivity contribution in [2.45, 2.75) is 39.5 Å². The first-order valence-corrected chi connectivity index (χ1v) is 6.74. The fourth-order valence-electron chi connectivity index (χ4n) is 3.25. The van der Waals surface area contributed by atoms with E-state index in [9.17, 15) is 4.79 Å². The molecule has 0 radical (unpaired) electrons. The summed E-state index contributed by atoms with van der Waals surface area (Å²) in [6.07, 6.45) is 4.43. The van der Waals surface area contributed by atoms with Crippen LogP contribution in [-0.4, -0.2) is 10.8 Å². The lowest BCUT2D eigenvalue weighted by Crippen LogP contribution is -2.24. The number of fused-ring (bicyclic) bond motifs is 1. The van der Waals surface area contributed by atoms with Crippen LogP contribution in [0.15, 0.2) is 24.3 Å². The first-order chi connectivity index (χ1) is 8.62. The number of rotatable bonds is 2. The normalized spacial score (nSPS) is 18.3. The van der Waals surface area contributed by atoms with Crippen LogP contribution in [0.3, 0.4) is 0 Å². The van der Waals surface area contributed by atoms with Gasteiger partial charge >= 0.3 is 0 Å². The quantitative estimate of drug-likeness (QED) is 0.784. The number of carbonyl (C=O) groups excluding carboxylic acids is 1. The second-order valence-electron chi connectivity index (χ2n) is 5.77. The molecule has 2 aromatic rings. The highest BCUT2D eigenvalue weighted by molar-refractivity contribution is 6.11. The van der Waals surface area contributed by atoms with Crippen molar-refractivity contribution in [3.8, 4) is 0 Å². The van der Waals surface area contributed by atoms with Gasteiger partial charge in [0.05, 0.1) is 0 Å². The van der Waals surface area contributed by atoms with Crippen molar-refractivity contribution in [1.82, 2.24) is 4.98 Å². The summed E-state index contributed by atoms with van der Waals surface area (Å²) in [4.78, 5) is 16.2. The minimum atomic E-state index is -0.143. The molecule has 1 aliphatic carbocycles. The highest BCUT2D eigenvalue weighted by Crippen LogP contribution is 2.42. The fraction of sp³-hybridized carbons (Fsp3) is 0.438. The molecular weight excluding hydrogens is 222 g/mol. The average Bonchev–Trinajstić information content (AvgIpc) is 2.92. The number of H-pyrrole nitrogens is 1. The van der Waals surface area contributed by atoms with Gasteiger partial charge in [-0.15, -0.1) is 0 Å². The summed E-state index contributed by atoms with van der Waals surface area (Å²) in [5.74, 6) is 0.329. The molecule has 0 spiro atoms. The van der Waals surface area contributed by atoms with E-state index in [4.69, 9.17) is 0 Å². The molecule has 0 bridgehead atoms. The van der Waals surface area contributed by atoms with Gasteiger partial charge in [-0.3, -0.25) is 4.79 Å². The molecule has 1 aromatic carbocycles. The van der Waals surface area contributed by atoms with Gasteiger partial charge in [0, 0.05) is 27.6 Å². The van der Waals surface area contributed by atoms with Crippen LogP contribution >= 0.6 is 0 Å². The molecule has 0 amide bonds. The molecule has 94 valence electrons. The molecule has 1 aromatic heterocycles. The lowest BCUT2D eigenvalue weighted by atomic mass is 9.80. The van der Waals surface area contributed by atoms with Crippen molar-refractivity contribution >= 4 is 16.7 Å². The Morgan fingerprint density at radius 1 is 1.22 bits per heavy atom. The van der Waals surface area contributed by atoms with Gasteiger partial charge in [0.15, 0.2) is 5.78 Å². The largest absolute Gasteiger partial charge is 0.358 e. The van der Waals surface area contributed by atoms with Gasteiger partial charge in [0.2, 0.25) is 0 Å². The predicted octanol–water partition coefficient (Wildman–Crippen LogP) is 4.24. The second kappa shape index (κ2) is 3.98. The van der Waals surface area contributed by atoms with Crippen LogP contribution in [0.1, 0.15) is 48.7 Å². The standard InChI is InChI=1S/C16H19NO/c1-11-14(12-7-3-4-8-13(12)17-11)15(18)16(2)9-5-6-10-16/h3-4,7-8,17H,5-6,9-10H2,1-2H3. The Morgan fingerprint density at radius 2 is 1.89 bits per heavy atom. The Morgan fingerprint density at radius 3 is 2.61 bits per heavy atom. The molecule has 1 saturated carbocycles. The van der Waals surface area contributed by atoms with Crippen LogP contribution in [0, 0.1) is 12.3 Å². The Kier molecular flexibility index (Phi) is 2.54. The van der Waals surface area contributed by atoms with Crippen LogP contribution in [-0.2, 0) is 0 Å². The molecule has 1 heterocycles. The average molecular weight is 241 g/mol. The number of carbonyl (C=O) groups is 1. The van der Waals surface area contributed by atoms with Gasteiger partial charge in [-0.05, 0) is 25.8 Å². The van der Waals surface area contributed by atoms with Crippen molar-refractivity contribution in [3.05, 3.63) is 35.5 Å². The topological polar surface area (TPSA) is 32.9 Å². The Bertz CT molecular complexity index is 603. The number of Topliss-reactive ketones (excluding diaryl/α,β-unsaturated/α-hetero) is 1. The van der Waals surface area contributed by atoms with Crippen LogP contribution in [0.4, 0.5) is 0 Å². The van der Waals surface area contributed by atoms with Gasteiger partial charge in [0.25, 0.3) is 0 Å². The van der Waals surface area contributed by atoms with E-state index in [-0.39, 0.29) is 5.41 Å². The Balaban J connectivity index is 2.14. The molecule has 18 heavy (non-hydrogen) atoms. The molecule has 1 N–H and O–H groups in total. The Labute approximate surface area is 107 Å². The second-order valence-corrected chi connectivity index (χ2v) is 5.77. The SMILES string of the molecule is Cc1[nH]c2ccccc2c1C(=O)C1(C)CCCC1. The van der Waals surface area contributed by atoms with Crippen LogP contribution < -0.4 is 0 Å². The van der Waals surface area contributed by atoms with E-state index in [0.717, 1.165) is 35.0 Å². The summed E-state index contributed by atoms with van der Waals surface area (Å²) >= 11 is 0. The van der Waals surface area contributed by atoms with Gasteiger partial charge < -0.3 is 4.98 Å². The zero-order valence-corrected chi connectivity index (χ0v) is 11.0. The number of hydrogen-bond donors (Lipinski definition) is 1. The van der Waals surface area contributed by atoms with E-state index in [1.807, 2.05) is 31.2 Å². The van der Waals surface area contributed by atoms with E-state index in [1.54, 1.807) is 0 Å². The Hall–Kier alpha value is -1.57. The summed E-state index contributed by atoms with van der Waals surface area (Å²) < 4.78 is 0. The minimum Gasteiger partial charge on any atom is -0.358 e. The van der Waals surface area contributed by atoms with Gasteiger partial charge in [-0.1, -0.05) is 38.0 Å². The third-order valence-electron chi connectivity index (χ3n) is 4.38. The maximum absolute atomic E-state index is 12.8. The molecule has 0 saturated heterocycles. The van der Waals surface area contributed by atoms with Crippen molar-refractivity contribution in [1.29, 1.82) is 0 Å². The molecule has 3 rings (SSSR count). The molecule has 0 unspecified atom stereocenters. The molecule has 1 aliphatic rings. The van der Waals surface area contributed by atoms with Gasteiger partial charge in [-0.2, -0.15) is 0 Å². The molecule has 0 aliphatic heterocycles. The highest BCUT2D eigenvalue weighted by Gasteiger charge is 2.38. The molecular formula is C16H19NO. The third-order valence-corrected chi connectivity index (χ3v) is 4.38. The molecule has 0 atom stereocenters. The zero-order chi connectivity index (χ0) is 12.8. The number of hydrogen-bond acceptors (Lipinski definition) is 1. The maximum atomic E-state index is 12.8. The number of ketones is 1. The van der Waals surface area contributed by atoms with Crippen molar-refractivity contribution in [2.24, 2.45) is 5.41 Å². The number of benzene rings is 1. The first-order valence-electron chi connectivity index (χ1n) is 6.74. The van der Waals surface area contributed by atoms with Gasteiger partial charge in [0.1, 0.15) is 0 Å². The van der Waals surface area contributed by atoms with Crippen molar-refractivity contribution in [2.75, 3.05) is 0 Å². The number of aromatic amines is 1. The molecule has 2 nitrogen and oxygen atoms in total. The number of para-hydroxylation sites is 1. The number of aromatic nitrogens is 1. The monoisotopic (exact) mass is 241 g/mol. The first kappa shape index (κ1) is 11.5. The fourth-order valence-corrected chi connectivity index (χ4v) is 3.25. The predicted molar refractivity (Wildman–Crippen MR) is 73.9 cm³/mol. The van der Waals surface area contributed by atoms with E-state index in [2.05, 4.69) is 11.9 Å². The highest BCUT2D eigenvalue weighted by atomic mass is 16.1. The summed E-state index contributed by atoms with van der Waals surface area (Å²) in [7, 11) is 0. The van der Waals surface area contributed by atoms with Gasteiger partial charge in [-0.25, -0.2) is 0 Å². The van der Waals surface area contributed by atoms with E-state index in [1.165, 1.54) is 12.8 Å². The zero-order valence-electron chi connectivity index (χ0n) is 11.0. The lowest BCUT2D eigenvalue weighted by Gasteiger charge is -2.21. The number of nitrogens with one attached hydrogen (secondary N) is 1. The summed E-state index contributed by atoms with van der Waals surface area (Å²) in [6.45, 7) is 4.13. The summed E-state index contributed by atoms with van der Waals surface area (Å²) in [6, 6.07) is 8.09. The number of aryl methyl sites for hydroxylation is 1. The lowest BCUT2D eigenvalue weighted by molar-refractivity contribution is 0.0824. The van der Waals surface area contributed by atoms with Crippen molar-refractivity contribution in [3.63, 3.8) is 0 Å².